The van der Waals surface area contributed by atoms with Crippen molar-refractivity contribution in [2.45, 2.75) is 37.1 Å². The van der Waals surface area contributed by atoms with Crippen molar-refractivity contribution in [1.82, 2.24) is 14.5 Å². The highest BCUT2D eigenvalue weighted by Gasteiger charge is 2.28. The van der Waals surface area contributed by atoms with E-state index in [2.05, 4.69) is 28.4 Å². The highest BCUT2D eigenvalue weighted by atomic mass is 32.2. The number of fused-ring (bicyclic) bond motifs is 1. The van der Waals surface area contributed by atoms with Gasteiger partial charge in [0.05, 0.1) is 10.9 Å². The predicted octanol–water partition coefficient (Wildman–Crippen LogP) is 2.60. The van der Waals surface area contributed by atoms with Crippen molar-refractivity contribution in [2.75, 3.05) is 33.2 Å². The molecule has 1 saturated heterocycles. The van der Waals surface area contributed by atoms with E-state index in [-0.39, 0.29) is 16.8 Å². The summed E-state index contributed by atoms with van der Waals surface area (Å²) in [6, 6.07) is 12.6. The van der Waals surface area contributed by atoms with Crippen LogP contribution in [0.2, 0.25) is 0 Å². The summed E-state index contributed by atoms with van der Waals surface area (Å²) in [4.78, 5) is 15.1. The number of sulfonamides is 1. The highest BCUT2D eigenvalue weighted by molar-refractivity contribution is 7.89. The van der Waals surface area contributed by atoms with Gasteiger partial charge >= 0.3 is 0 Å². The Morgan fingerprint density at radius 1 is 1.00 bits per heavy atom. The smallest absolute Gasteiger partial charge is 0.251 e. The summed E-state index contributed by atoms with van der Waals surface area (Å²) < 4.78 is 27.5. The van der Waals surface area contributed by atoms with Crippen molar-refractivity contribution in [2.24, 2.45) is 0 Å². The van der Waals surface area contributed by atoms with Crippen molar-refractivity contribution < 1.29 is 13.2 Å². The minimum atomic E-state index is -3.60. The van der Waals surface area contributed by atoms with E-state index in [9.17, 15) is 13.2 Å². The SMILES string of the molecule is C[C@@H](NC(=O)c1cccc(S(=O)(=O)N2CCN(C)CC2)c1)c1ccc2c(c1)CCC2. The number of carbonyl (C=O) groups excluding carboxylic acids is 1. The van der Waals surface area contributed by atoms with Gasteiger partial charge in [0.2, 0.25) is 10.0 Å². The highest BCUT2D eigenvalue weighted by Crippen LogP contribution is 2.26. The zero-order chi connectivity index (χ0) is 21.3. The molecule has 0 bridgehead atoms. The van der Waals surface area contributed by atoms with Gasteiger partial charge in [0, 0.05) is 31.7 Å². The fourth-order valence-electron chi connectivity index (χ4n) is 4.20. The van der Waals surface area contributed by atoms with Crippen LogP contribution in [0.5, 0.6) is 0 Å². The largest absolute Gasteiger partial charge is 0.346 e. The zero-order valence-corrected chi connectivity index (χ0v) is 18.4. The summed E-state index contributed by atoms with van der Waals surface area (Å²) in [6.45, 7) is 4.30. The quantitative estimate of drug-likeness (QED) is 0.796. The van der Waals surface area contributed by atoms with Gasteiger partial charge < -0.3 is 10.2 Å². The van der Waals surface area contributed by atoms with Crippen molar-refractivity contribution in [3.63, 3.8) is 0 Å². The maximum absolute atomic E-state index is 13.0. The number of amides is 1. The number of nitrogens with one attached hydrogen (secondary N) is 1. The van der Waals surface area contributed by atoms with E-state index in [0.717, 1.165) is 18.4 Å². The van der Waals surface area contributed by atoms with E-state index in [1.165, 1.54) is 27.9 Å². The van der Waals surface area contributed by atoms with Crippen LogP contribution < -0.4 is 5.32 Å². The third-order valence-electron chi connectivity index (χ3n) is 6.17. The lowest BCUT2D eigenvalue weighted by atomic mass is 10.0. The first-order valence-corrected chi connectivity index (χ1v) is 12.0. The number of rotatable bonds is 5. The molecule has 0 aromatic heterocycles. The zero-order valence-electron chi connectivity index (χ0n) is 17.6. The second kappa shape index (κ2) is 8.49. The van der Waals surface area contributed by atoms with E-state index < -0.39 is 10.0 Å². The standard InChI is InChI=1S/C23H29N3O3S/c1-17(19-10-9-18-5-3-6-20(18)15-19)24-23(27)21-7-4-8-22(16-21)30(28,29)26-13-11-25(2)12-14-26/h4,7-10,15-17H,3,5-6,11-14H2,1-2H3,(H,24,27)/t17-/m1/s1. The number of hydrogen-bond donors (Lipinski definition) is 1. The number of hydrogen-bond acceptors (Lipinski definition) is 4. The number of aryl methyl sites for hydroxylation is 2. The molecule has 0 unspecified atom stereocenters. The van der Waals surface area contributed by atoms with Gasteiger partial charge in [-0.1, -0.05) is 24.3 Å². The van der Waals surface area contributed by atoms with Crippen LogP contribution in [0.15, 0.2) is 47.4 Å². The van der Waals surface area contributed by atoms with Crippen molar-refractivity contribution in [3.8, 4) is 0 Å². The molecule has 0 spiro atoms. The molecule has 30 heavy (non-hydrogen) atoms. The third-order valence-corrected chi connectivity index (χ3v) is 8.06. The number of nitrogens with zero attached hydrogens (tertiary/aromatic N) is 2. The molecule has 2 aromatic rings. The van der Waals surface area contributed by atoms with Crippen molar-refractivity contribution in [3.05, 3.63) is 64.7 Å². The van der Waals surface area contributed by atoms with Crippen molar-refractivity contribution in [1.29, 1.82) is 0 Å². The molecule has 1 amide bonds. The second-order valence-electron chi connectivity index (χ2n) is 8.31. The molecule has 1 heterocycles. The molecule has 7 heteroatoms. The van der Waals surface area contributed by atoms with E-state index in [4.69, 9.17) is 0 Å². The van der Waals surface area contributed by atoms with Crippen LogP contribution >= 0.6 is 0 Å². The van der Waals surface area contributed by atoms with E-state index >= 15 is 0 Å². The predicted molar refractivity (Wildman–Crippen MR) is 117 cm³/mol. The van der Waals surface area contributed by atoms with Crippen LogP contribution in [-0.2, 0) is 22.9 Å². The van der Waals surface area contributed by atoms with Gasteiger partial charge in [-0.2, -0.15) is 4.31 Å². The molecule has 1 aliphatic carbocycles. The maximum Gasteiger partial charge on any atom is 0.251 e. The monoisotopic (exact) mass is 427 g/mol. The minimum Gasteiger partial charge on any atom is -0.346 e. The lowest BCUT2D eigenvalue weighted by molar-refractivity contribution is 0.0939. The molecular weight excluding hydrogens is 398 g/mol. The number of piperazine rings is 1. The van der Waals surface area contributed by atoms with E-state index in [1.54, 1.807) is 18.2 Å². The molecule has 2 aromatic carbocycles. The summed E-state index contributed by atoms with van der Waals surface area (Å²) >= 11 is 0. The Morgan fingerprint density at radius 2 is 1.73 bits per heavy atom. The Labute approximate surface area is 178 Å². The molecular formula is C23H29N3O3S. The first kappa shape index (κ1) is 21.0. The normalized spacial score (nSPS) is 18.7. The Morgan fingerprint density at radius 3 is 2.50 bits per heavy atom. The first-order valence-electron chi connectivity index (χ1n) is 10.6. The van der Waals surface area contributed by atoms with Gasteiger partial charge in [-0.25, -0.2) is 8.42 Å². The van der Waals surface area contributed by atoms with Gasteiger partial charge in [0.25, 0.3) is 5.91 Å². The topological polar surface area (TPSA) is 69.7 Å². The van der Waals surface area contributed by atoms with Crippen LogP contribution in [-0.4, -0.2) is 56.8 Å². The van der Waals surface area contributed by atoms with Crippen molar-refractivity contribution >= 4 is 15.9 Å². The molecule has 4 rings (SSSR count). The Balaban J connectivity index is 1.48. The molecule has 0 saturated carbocycles. The first-order chi connectivity index (χ1) is 14.3. The van der Waals surface area contributed by atoms with Crippen LogP contribution in [0.1, 0.15) is 46.4 Å². The minimum absolute atomic E-state index is 0.152. The Hall–Kier alpha value is -2.22. The van der Waals surface area contributed by atoms with Crippen LogP contribution in [0.4, 0.5) is 0 Å². The average molecular weight is 428 g/mol. The molecule has 1 atom stereocenters. The second-order valence-corrected chi connectivity index (χ2v) is 10.2. The van der Waals surface area contributed by atoms with Gasteiger partial charge in [-0.3, -0.25) is 4.79 Å². The summed E-state index contributed by atoms with van der Waals surface area (Å²) in [6.07, 6.45) is 3.41. The fourth-order valence-corrected chi connectivity index (χ4v) is 5.67. The molecule has 1 fully saturated rings. The van der Waals surface area contributed by atoms with Gasteiger partial charge in [0.1, 0.15) is 0 Å². The van der Waals surface area contributed by atoms with E-state index in [1.807, 2.05) is 14.0 Å². The summed E-state index contributed by atoms with van der Waals surface area (Å²) in [5, 5.41) is 3.01. The maximum atomic E-state index is 13.0. The lowest BCUT2D eigenvalue weighted by Gasteiger charge is -2.31. The van der Waals surface area contributed by atoms with Crippen LogP contribution in [0.3, 0.4) is 0 Å². The molecule has 2 aliphatic rings. The number of benzene rings is 2. The molecule has 6 nitrogen and oxygen atoms in total. The summed E-state index contributed by atoms with van der Waals surface area (Å²) in [5.41, 5.74) is 4.20. The summed E-state index contributed by atoms with van der Waals surface area (Å²) in [7, 11) is -1.62. The number of carbonyl (C=O) groups is 1. The number of likely N-dealkylation sites (N-methyl/N-ethyl adjacent to an activating group) is 1. The molecule has 0 radical (unpaired) electrons. The van der Waals surface area contributed by atoms with Crippen LogP contribution in [0.25, 0.3) is 0 Å². The Bertz CT molecular complexity index is 1040. The van der Waals surface area contributed by atoms with Crippen LogP contribution in [0, 0.1) is 0 Å². The molecule has 160 valence electrons. The average Bonchev–Trinajstić information content (AvgIpc) is 3.22. The van der Waals surface area contributed by atoms with E-state index in [0.29, 0.717) is 31.7 Å². The summed E-state index contributed by atoms with van der Waals surface area (Å²) in [5.74, 6) is -0.265. The van der Waals surface area contributed by atoms with Gasteiger partial charge in [0.15, 0.2) is 0 Å². The van der Waals surface area contributed by atoms with Gasteiger partial charge in [-0.15, -0.1) is 0 Å². The Kier molecular flexibility index (Phi) is 5.95. The molecule has 1 aliphatic heterocycles. The molecule has 1 N–H and O–H groups in total. The fraction of sp³-hybridized carbons (Fsp3) is 0.435. The lowest BCUT2D eigenvalue weighted by Crippen LogP contribution is -2.47. The van der Waals surface area contributed by atoms with Gasteiger partial charge in [-0.05, 0) is 68.1 Å². The third kappa shape index (κ3) is 4.29.